The van der Waals surface area contributed by atoms with E-state index in [2.05, 4.69) is 20.6 Å². The molecule has 122 valence electrons. The number of nitrogens with one attached hydrogen (secondary N) is 2. The number of hydrogen-bond donors (Lipinski definition) is 2. The van der Waals surface area contributed by atoms with Crippen molar-refractivity contribution in [3.63, 3.8) is 0 Å². The van der Waals surface area contributed by atoms with Crippen molar-refractivity contribution in [1.82, 2.24) is 9.97 Å². The molecular weight excluding hydrogens is 308 g/mol. The van der Waals surface area contributed by atoms with Crippen molar-refractivity contribution in [3.05, 3.63) is 46.6 Å². The van der Waals surface area contributed by atoms with Gasteiger partial charge in [-0.3, -0.25) is 0 Å². The Morgan fingerprint density at radius 3 is 2.57 bits per heavy atom. The number of benzene rings is 1. The maximum Gasteiger partial charge on any atom is 0.225 e. The molecule has 1 aliphatic carbocycles. The van der Waals surface area contributed by atoms with Crippen molar-refractivity contribution in [2.24, 2.45) is 0 Å². The summed E-state index contributed by atoms with van der Waals surface area (Å²) in [6.07, 6.45) is 6.44. The fourth-order valence-corrected chi connectivity index (χ4v) is 3.09. The van der Waals surface area contributed by atoms with Crippen LogP contribution in [0.25, 0.3) is 0 Å². The summed E-state index contributed by atoms with van der Waals surface area (Å²) in [5.74, 6) is 1.58. The number of hydrogen-bond acceptors (Lipinski definition) is 4. The SMILES string of the molecule is Cc1cc(NC2CCCCC2)nc(NCc2ccc(Cl)cc2)n1. The summed E-state index contributed by atoms with van der Waals surface area (Å²) in [5, 5.41) is 7.60. The first-order valence-electron chi connectivity index (χ1n) is 8.29. The van der Waals surface area contributed by atoms with E-state index in [-0.39, 0.29) is 0 Å². The number of rotatable bonds is 5. The van der Waals surface area contributed by atoms with E-state index in [0.717, 1.165) is 22.1 Å². The molecule has 0 amide bonds. The van der Waals surface area contributed by atoms with E-state index in [1.54, 1.807) is 0 Å². The monoisotopic (exact) mass is 330 g/mol. The zero-order chi connectivity index (χ0) is 16.1. The van der Waals surface area contributed by atoms with Gasteiger partial charge in [0, 0.05) is 29.4 Å². The second-order valence-electron chi connectivity index (χ2n) is 6.18. The van der Waals surface area contributed by atoms with E-state index in [1.165, 1.54) is 32.1 Å². The van der Waals surface area contributed by atoms with Crippen LogP contribution in [0.15, 0.2) is 30.3 Å². The van der Waals surface area contributed by atoms with E-state index in [9.17, 15) is 0 Å². The van der Waals surface area contributed by atoms with Crippen molar-refractivity contribution in [2.75, 3.05) is 10.6 Å². The highest BCUT2D eigenvalue weighted by Gasteiger charge is 2.14. The summed E-state index contributed by atoms with van der Waals surface area (Å²) in [7, 11) is 0. The average Bonchev–Trinajstić information content (AvgIpc) is 2.55. The van der Waals surface area contributed by atoms with E-state index in [4.69, 9.17) is 11.6 Å². The predicted octanol–water partition coefficient (Wildman–Crippen LogP) is 4.80. The summed E-state index contributed by atoms with van der Waals surface area (Å²) in [6, 6.07) is 10.4. The molecule has 0 unspecified atom stereocenters. The lowest BCUT2D eigenvalue weighted by molar-refractivity contribution is 0.462. The Hall–Kier alpha value is -1.81. The minimum absolute atomic E-state index is 0.544. The molecule has 1 aliphatic rings. The van der Waals surface area contributed by atoms with Gasteiger partial charge in [0.25, 0.3) is 0 Å². The molecule has 1 aromatic carbocycles. The van der Waals surface area contributed by atoms with Crippen LogP contribution in [0.4, 0.5) is 11.8 Å². The topological polar surface area (TPSA) is 49.8 Å². The molecule has 1 aromatic heterocycles. The van der Waals surface area contributed by atoms with E-state index < -0.39 is 0 Å². The number of anilines is 2. The molecule has 1 saturated carbocycles. The third-order valence-corrected chi connectivity index (χ3v) is 4.43. The van der Waals surface area contributed by atoms with E-state index >= 15 is 0 Å². The molecule has 23 heavy (non-hydrogen) atoms. The quantitative estimate of drug-likeness (QED) is 0.827. The first-order valence-corrected chi connectivity index (χ1v) is 8.67. The molecule has 1 heterocycles. The highest BCUT2D eigenvalue weighted by atomic mass is 35.5. The predicted molar refractivity (Wildman–Crippen MR) is 96.0 cm³/mol. The van der Waals surface area contributed by atoms with Crippen LogP contribution in [-0.2, 0) is 6.54 Å². The molecule has 0 atom stereocenters. The molecule has 2 N–H and O–H groups in total. The van der Waals surface area contributed by atoms with Crippen molar-refractivity contribution in [2.45, 2.75) is 51.6 Å². The van der Waals surface area contributed by atoms with Gasteiger partial charge in [0.2, 0.25) is 5.95 Å². The van der Waals surface area contributed by atoms with E-state index in [1.807, 2.05) is 37.3 Å². The Labute approximate surface area is 142 Å². The van der Waals surface area contributed by atoms with Crippen LogP contribution in [0.3, 0.4) is 0 Å². The Balaban J connectivity index is 1.63. The largest absolute Gasteiger partial charge is 0.367 e. The third kappa shape index (κ3) is 4.83. The molecule has 1 fully saturated rings. The van der Waals surface area contributed by atoms with Crippen LogP contribution < -0.4 is 10.6 Å². The Morgan fingerprint density at radius 2 is 1.83 bits per heavy atom. The van der Waals surface area contributed by atoms with Gasteiger partial charge < -0.3 is 10.6 Å². The Bertz CT molecular complexity index is 636. The van der Waals surface area contributed by atoms with Crippen LogP contribution in [0, 0.1) is 6.92 Å². The van der Waals surface area contributed by atoms with Gasteiger partial charge >= 0.3 is 0 Å². The molecular formula is C18H23ClN4. The lowest BCUT2D eigenvalue weighted by atomic mass is 9.95. The molecule has 3 rings (SSSR count). The molecule has 4 nitrogen and oxygen atoms in total. The number of aromatic nitrogens is 2. The van der Waals surface area contributed by atoms with Gasteiger partial charge in [-0.25, -0.2) is 4.98 Å². The maximum atomic E-state index is 5.91. The van der Waals surface area contributed by atoms with Crippen LogP contribution in [0.2, 0.25) is 5.02 Å². The number of halogens is 1. The van der Waals surface area contributed by atoms with Crippen molar-refractivity contribution < 1.29 is 0 Å². The molecule has 0 bridgehead atoms. The highest BCUT2D eigenvalue weighted by molar-refractivity contribution is 6.30. The second kappa shape index (κ2) is 7.64. The van der Waals surface area contributed by atoms with E-state index in [0.29, 0.717) is 18.5 Å². The summed E-state index contributed by atoms with van der Waals surface area (Å²) in [6.45, 7) is 2.69. The fraction of sp³-hybridized carbons (Fsp3) is 0.444. The van der Waals surface area contributed by atoms with Gasteiger partial charge in [-0.1, -0.05) is 43.0 Å². The third-order valence-electron chi connectivity index (χ3n) is 4.18. The molecule has 0 saturated heterocycles. The Morgan fingerprint density at radius 1 is 1.09 bits per heavy atom. The Kier molecular flexibility index (Phi) is 5.34. The normalized spacial score (nSPS) is 15.4. The molecule has 0 spiro atoms. The van der Waals surface area contributed by atoms with Crippen LogP contribution in [0.5, 0.6) is 0 Å². The average molecular weight is 331 g/mol. The number of nitrogens with zero attached hydrogens (tertiary/aromatic N) is 2. The first kappa shape index (κ1) is 16.1. The van der Waals surface area contributed by atoms with Crippen molar-refractivity contribution in [3.8, 4) is 0 Å². The van der Waals surface area contributed by atoms with Gasteiger partial charge in [-0.2, -0.15) is 4.98 Å². The second-order valence-corrected chi connectivity index (χ2v) is 6.61. The van der Waals surface area contributed by atoms with Crippen LogP contribution in [-0.4, -0.2) is 16.0 Å². The van der Waals surface area contributed by atoms with Crippen LogP contribution >= 0.6 is 11.6 Å². The molecule has 0 aliphatic heterocycles. The minimum atomic E-state index is 0.544. The summed E-state index contributed by atoms with van der Waals surface area (Å²) in [4.78, 5) is 9.07. The fourth-order valence-electron chi connectivity index (χ4n) is 2.96. The summed E-state index contributed by atoms with van der Waals surface area (Å²) in [5.41, 5.74) is 2.12. The highest BCUT2D eigenvalue weighted by Crippen LogP contribution is 2.21. The van der Waals surface area contributed by atoms with Gasteiger partial charge in [0.05, 0.1) is 0 Å². The minimum Gasteiger partial charge on any atom is -0.367 e. The zero-order valence-corrected chi connectivity index (χ0v) is 14.2. The van der Waals surface area contributed by atoms with Crippen LogP contribution in [0.1, 0.15) is 43.4 Å². The zero-order valence-electron chi connectivity index (χ0n) is 13.5. The van der Waals surface area contributed by atoms with Gasteiger partial charge in [0.1, 0.15) is 5.82 Å². The summed E-state index contributed by atoms with van der Waals surface area (Å²) >= 11 is 5.91. The molecule has 2 aromatic rings. The lowest BCUT2D eigenvalue weighted by Gasteiger charge is -2.23. The van der Waals surface area contributed by atoms with Crippen molar-refractivity contribution >= 4 is 23.4 Å². The number of aryl methyl sites for hydroxylation is 1. The standard InChI is InChI=1S/C18H23ClN4/c1-13-11-17(22-16-5-3-2-4-6-16)23-18(21-13)20-12-14-7-9-15(19)10-8-14/h7-11,16H,2-6,12H2,1H3,(H2,20,21,22,23). The van der Waals surface area contributed by atoms with Crippen molar-refractivity contribution in [1.29, 1.82) is 0 Å². The lowest BCUT2D eigenvalue weighted by Crippen LogP contribution is -2.23. The van der Waals surface area contributed by atoms with Gasteiger partial charge in [-0.15, -0.1) is 0 Å². The maximum absolute atomic E-state index is 5.91. The smallest absolute Gasteiger partial charge is 0.225 e. The summed E-state index contributed by atoms with van der Waals surface area (Å²) < 4.78 is 0. The van der Waals surface area contributed by atoms with Gasteiger partial charge in [0.15, 0.2) is 0 Å². The molecule has 5 heteroatoms. The van der Waals surface area contributed by atoms with Gasteiger partial charge in [-0.05, 0) is 37.5 Å². The first-order chi connectivity index (χ1) is 11.2. The molecule has 0 radical (unpaired) electrons.